The van der Waals surface area contributed by atoms with E-state index in [2.05, 4.69) is 36.6 Å². The van der Waals surface area contributed by atoms with E-state index < -0.39 is 5.91 Å². The summed E-state index contributed by atoms with van der Waals surface area (Å²) in [6, 6.07) is 20.3. The van der Waals surface area contributed by atoms with E-state index in [9.17, 15) is 4.79 Å². The van der Waals surface area contributed by atoms with Gasteiger partial charge in [0, 0.05) is 36.0 Å². The number of fused-ring (bicyclic) bond motifs is 1. The highest BCUT2D eigenvalue weighted by atomic mass is 16.5. The van der Waals surface area contributed by atoms with Crippen LogP contribution in [0.15, 0.2) is 89.6 Å². The quantitative estimate of drug-likeness (QED) is 0.225. The molecule has 1 saturated heterocycles. The zero-order valence-electron chi connectivity index (χ0n) is 19.6. The minimum atomic E-state index is -0.469. The Balaban J connectivity index is 1.24. The number of morpholine rings is 1. The minimum Gasteiger partial charge on any atom is -0.489 e. The van der Waals surface area contributed by atoms with Gasteiger partial charge in [0.2, 0.25) is 10.0 Å². The smallest absolute Gasteiger partial charge is 0.360 e. The lowest BCUT2D eigenvalue weighted by Crippen LogP contribution is -2.36. The summed E-state index contributed by atoms with van der Waals surface area (Å²) in [4.78, 5) is 26.3. The topological polar surface area (TPSA) is 106 Å². The highest BCUT2D eigenvalue weighted by Crippen LogP contribution is 2.24. The van der Waals surface area contributed by atoms with Gasteiger partial charge < -0.3 is 19.4 Å². The molecular formula is C27H25N6O3+. The fourth-order valence-electron chi connectivity index (χ4n) is 3.87. The van der Waals surface area contributed by atoms with E-state index in [0.717, 1.165) is 54.3 Å². The van der Waals surface area contributed by atoms with Gasteiger partial charge in [0.25, 0.3) is 0 Å². The van der Waals surface area contributed by atoms with Crippen LogP contribution in [0, 0.1) is 0 Å². The van der Waals surface area contributed by atoms with E-state index in [-0.39, 0.29) is 0 Å². The molecular weight excluding hydrogens is 456 g/mol. The highest BCUT2D eigenvalue weighted by molar-refractivity contribution is 5.94. The molecule has 4 aromatic rings. The van der Waals surface area contributed by atoms with Crippen molar-refractivity contribution < 1.29 is 14.3 Å². The third kappa shape index (κ3) is 5.38. The second kappa shape index (κ2) is 10.8. The molecule has 1 fully saturated rings. The van der Waals surface area contributed by atoms with Crippen molar-refractivity contribution in [3.8, 4) is 17.1 Å². The number of aromatic nitrogens is 2. The number of hydrogen-bond acceptors (Lipinski definition) is 6. The molecule has 1 aromatic heterocycles. The SMILES string of the molecule is C=CCOc1ccc2nc(-c3ccc(C(=O)N=[N+]=Nc4ccc(N5CCOCC5)cc4)cc3)[nH]c2c1. The lowest BCUT2D eigenvalue weighted by Gasteiger charge is -2.28. The standard InChI is InChI=1S/C27H24N6O3/c1-2-15-36-23-11-12-24-25(18-23)29-26(28-24)19-3-5-20(6-4-19)27(34)31-32-30-21-7-9-22(10-8-21)33-13-16-35-17-14-33/h2-12,18H,1,13-17H2/p+1. The maximum atomic E-state index is 12.4. The van der Waals surface area contributed by atoms with Gasteiger partial charge in [0.05, 0.1) is 24.2 Å². The number of rotatable bonds is 7. The number of imidazole rings is 1. The predicted octanol–water partition coefficient (Wildman–Crippen LogP) is 5.07. The number of carbonyl (C=O) groups excluding carboxylic acids is 1. The van der Waals surface area contributed by atoms with Gasteiger partial charge in [-0.05, 0) is 48.5 Å². The molecule has 0 atom stereocenters. The molecule has 36 heavy (non-hydrogen) atoms. The number of benzene rings is 3. The van der Waals surface area contributed by atoms with Crippen LogP contribution in [0.4, 0.5) is 11.4 Å². The Bertz CT molecular complexity index is 1430. The Morgan fingerprint density at radius 1 is 1.11 bits per heavy atom. The molecule has 1 N–H and O–H groups in total. The van der Waals surface area contributed by atoms with E-state index in [0.29, 0.717) is 23.7 Å². The summed E-state index contributed by atoms with van der Waals surface area (Å²) < 4.78 is 11.0. The van der Waals surface area contributed by atoms with Crippen LogP contribution in [-0.2, 0) is 4.74 Å². The highest BCUT2D eigenvalue weighted by Gasteiger charge is 2.13. The van der Waals surface area contributed by atoms with Gasteiger partial charge in [-0.25, -0.2) is 4.98 Å². The van der Waals surface area contributed by atoms with Crippen LogP contribution in [0.1, 0.15) is 10.4 Å². The first-order valence-corrected chi connectivity index (χ1v) is 11.6. The maximum Gasteiger partial charge on any atom is 0.360 e. The largest absolute Gasteiger partial charge is 0.489 e. The summed E-state index contributed by atoms with van der Waals surface area (Å²) in [7, 11) is 0. The average Bonchev–Trinajstić information content (AvgIpc) is 3.36. The first-order valence-electron chi connectivity index (χ1n) is 11.6. The van der Waals surface area contributed by atoms with Gasteiger partial charge in [0.15, 0.2) is 10.8 Å². The van der Waals surface area contributed by atoms with Crippen molar-refractivity contribution in [2.45, 2.75) is 0 Å². The van der Waals surface area contributed by atoms with Crippen molar-refractivity contribution in [3.05, 3.63) is 84.9 Å². The number of carbonyl (C=O) groups is 1. The summed E-state index contributed by atoms with van der Waals surface area (Å²) in [5.41, 5.74) is 4.68. The maximum absolute atomic E-state index is 12.4. The normalized spacial score (nSPS) is 13.2. The molecule has 1 amide bonds. The van der Waals surface area contributed by atoms with Crippen molar-refractivity contribution in [1.29, 1.82) is 0 Å². The van der Waals surface area contributed by atoms with E-state index in [4.69, 9.17) is 9.47 Å². The van der Waals surface area contributed by atoms with E-state index in [1.165, 1.54) is 0 Å². The second-order valence-corrected chi connectivity index (χ2v) is 8.15. The summed E-state index contributed by atoms with van der Waals surface area (Å²) >= 11 is 0. The van der Waals surface area contributed by atoms with Crippen molar-refractivity contribution in [1.82, 2.24) is 14.9 Å². The number of hydrogen-bond donors (Lipinski definition) is 1. The van der Waals surface area contributed by atoms with Crippen LogP contribution in [-0.4, -0.2) is 48.8 Å². The minimum absolute atomic E-state index is 0.414. The molecule has 1 aliphatic heterocycles. The van der Waals surface area contributed by atoms with Gasteiger partial charge in [-0.15, -0.1) is 0 Å². The molecule has 1 aliphatic rings. The van der Waals surface area contributed by atoms with Gasteiger partial charge in [0.1, 0.15) is 18.2 Å². The zero-order chi connectivity index (χ0) is 24.7. The fourth-order valence-corrected chi connectivity index (χ4v) is 3.87. The van der Waals surface area contributed by atoms with E-state index >= 15 is 0 Å². The van der Waals surface area contributed by atoms with E-state index in [1.54, 1.807) is 18.2 Å². The zero-order valence-corrected chi connectivity index (χ0v) is 19.6. The Morgan fingerprint density at radius 2 is 1.89 bits per heavy atom. The van der Waals surface area contributed by atoms with Gasteiger partial charge in [-0.1, -0.05) is 24.8 Å². The molecule has 5 rings (SSSR count). The molecule has 9 nitrogen and oxygen atoms in total. The van der Waals surface area contributed by atoms with E-state index in [1.807, 2.05) is 54.6 Å². The van der Waals surface area contributed by atoms with Crippen LogP contribution in [0.3, 0.4) is 0 Å². The molecule has 2 heterocycles. The van der Waals surface area contributed by atoms with Crippen LogP contribution < -0.4 is 14.5 Å². The lowest BCUT2D eigenvalue weighted by atomic mass is 10.1. The van der Waals surface area contributed by atoms with Crippen molar-refractivity contribution >= 4 is 28.3 Å². The van der Waals surface area contributed by atoms with Gasteiger partial charge in [-0.3, -0.25) is 4.79 Å². The number of anilines is 1. The number of amides is 1. The Morgan fingerprint density at radius 3 is 2.64 bits per heavy atom. The molecule has 0 radical (unpaired) electrons. The molecule has 180 valence electrons. The molecule has 0 unspecified atom stereocenters. The van der Waals surface area contributed by atoms with Gasteiger partial charge >= 0.3 is 5.91 Å². The van der Waals surface area contributed by atoms with Crippen molar-refractivity contribution in [2.75, 3.05) is 37.8 Å². The third-order valence-corrected chi connectivity index (χ3v) is 5.75. The van der Waals surface area contributed by atoms with Crippen LogP contribution in [0.2, 0.25) is 0 Å². The monoisotopic (exact) mass is 481 g/mol. The first kappa shape index (κ1) is 23.2. The summed E-state index contributed by atoms with van der Waals surface area (Å²) in [5, 5.41) is 7.76. The van der Waals surface area contributed by atoms with Crippen LogP contribution in [0.5, 0.6) is 5.75 Å². The predicted molar refractivity (Wildman–Crippen MR) is 138 cm³/mol. The Hall–Kier alpha value is -4.59. The molecule has 9 heteroatoms. The molecule has 0 saturated carbocycles. The number of aromatic amines is 1. The third-order valence-electron chi connectivity index (χ3n) is 5.75. The Kier molecular flexibility index (Phi) is 6.93. The lowest BCUT2D eigenvalue weighted by molar-refractivity contribution is 0.0992. The number of nitrogens with one attached hydrogen (secondary N) is 1. The Labute approximate surface area is 207 Å². The van der Waals surface area contributed by atoms with Crippen molar-refractivity contribution in [3.63, 3.8) is 0 Å². The summed E-state index contributed by atoms with van der Waals surface area (Å²) in [6.45, 7) is 7.29. The second-order valence-electron chi connectivity index (χ2n) is 8.15. The summed E-state index contributed by atoms with van der Waals surface area (Å²) in [5.74, 6) is 0.966. The molecule has 0 spiro atoms. The first-order chi connectivity index (χ1) is 17.7. The number of nitrogens with zero attached hydrogens (tertiary/aromatic N) is 5. The van der Waals surface area contributed by atoms with Crippen molar-refractivity contribution in [2.24, 2.45) is 10.2 Å². The molecule has 3 aromatic carbocycles. The average molecular weight is 482 g/mol. The van der Waals surface area contributed by atoms with Gasteiger partial charge in [-0.2, -0.15) is 0 Å². The van der Waals surface area contributed by atoms with Crippen LogP contribution in [0.25, 0.3) is 22.4 Å². The molecule has 0 aliphatic carbocycles. The number of H-pyrrole nitrogens is 1. The molecule has 0 bridgehead atoms. The summed E-state index contributed by atoms with van der Waals surface area (Å²) in [6.07, 6.45) is 1.70. The fraction of sp³-hybridized carbons (Fsp3) is 0.185. The number of ether oxygens (including phenoxy) is 2. The van der Waals surface area contributed by atoms with Crippen LogP contribution >= 0.6 is 0 Å².